The number of nitro benzene ring substituents is 1. The van der Waals surface area contributed by atoms with Crippen molar-refractivity contribution in [1.29, 1.82) is 0 Å². The van der Waals surface area contributed by atoms with Crippen molar-refractivity contribution in [2.45, 2.75) is 39.8 Å². The summed E-state index contributed by atoms with van der Waals surface area (Å²) in [6.07, 6.45) is -0.407. The maximum absolute atomic E-state index is 12.6. The van der Waals surface area contributed by atoms with E-state index in [1.165, 1.54) is 26.2 Å². The Morgan fingerprint density at radius 1 is 1.32 bits per heavy atom. The van der Waals surface area contributed by atoms with Crippen LogP contribution in [0.25, 0.3) is 0 Å². The molecule has 0 aromatic heterocycles. The Balaban J connectivity index is 2.68. The Kier molecular flexibility index (Phi) is 6.45. The summed E-state index contributed by atoms with van der Waals surface area (Å²) in [6.45, 7) is 6.94. The van der Waals surface area contributed by atoms with Gasteiger partial charge in [0, 0.05) is 5.70 Å². The van der Waals surface area contributed by atoms with E-state index in [4.69, 9.17) is 14.2 Å². The Labute approximate surface area is 162 Å². The van der Waals surface area contributed by atoms with Gasteiger partial charge in [0.2, 0.25) is 0 Å². The van der Waals surface area contributed by atoms with Crippen molar-refractivity contribution >= 4 is 17.7 Å². The summed E-state index contributed by atoms with van der Waals surface area (Å²) >= 11 is 0. The second kappa shape index (κ2) is 8.59. The van der Waals surface area contributed by atoms with Crippen LogP contribution in [0.3, 0.4) is 0 Å². The first kappa shape index (κ1) is 21.0. The number of esters is 1. The third-order valence-corrected chi connectivity index (χ3v) is 3.95. The zero-order valence-electron chi connectivity index (χ0n) is 16.3. The molecule has 10 heteroatoms. The highest BCUT2D eigenvalue weighted by Gasteiger charge is 2.37. The number of hydrogen-bond donors (Lipinski definition) is 2. The van der Waals surface area contributed by atoms with Gasteiger partial charge in [-0.2, -0.15) is 0 Å². The molecule has 0 aliphatic carbocycles. The Hall–Kier alpha value is -3.30. The standard InChI is InChI=1S/C18H23N3O7/c1-6-27-14-7-11(12(21(24)25)8-13(14)26-5)16-15(17(22)28-9(2)3)10(4)19-18(23)20-16/h7-9,16H,6H2,1-5H3,(H2,19,20,23). The van der Waals surface area contributed by atoms with Crippen LogP contribution in [0.5, 0.6) is 11.5 Å². The number of methoxy groups -OCH3 is 1. The van der Waals surface area contributed by atoms with Gasteiger partial charge in [0.25, 0.3) is 5.69 Å². The van der Waals surface area contributed by atoms with E-state index in [1.807, 2.05) is 0 Å². The molecule has 1 aromatic rings. The van der Waals surface area contributed by atoms with E-state index in [-0.39, 0.29) is 34.0 Å². The maximum Gasteiger partial charge on any atom is 0.338 e. The van der Waals surface area contributed by atoms with Crippen LogP contribution in [0, 0.1) is 10.1 Å². The predicted octanol–water partition coefficient (Wildman–Crippen LogP) is 2.58. The summed E-state index contributed by atoms with van der Waals surface area (Å²) in [5.41, 5.74) is 0.0841. The Morgan fingerprint density at radius 3 is 2.54 bits per heavy atom. The molecule has 0 fully saturated rings. The van der Waals surface area contributed by atoms with Crippen molar-refractivity contribution in [3.05, 3.63) is 39.1 Å². The van der Waals surface area contributed by atoms with E-state index in [1.54, 1.807) is 20.8 Å². The molecule has 0 radical (unpaired) electrons. The Bertz CT molecular complexity index is 833. The highest BCUT2D eigenvalue weighted by Crippen LogP contribution is 2.40. The van der Waals surface area contributed by atoms with E-state index >= 15 is 0 Å². The minimum absolute atomic E-state index is 0.0732. The predicted molar refractivity (Wildman–Crippen MR) is 99.2 cm³/mol. The number of urea groups is 1. The van der Waals surface area contributed by atoms with Gasteiger partial charge in [-0.15, -0.1) is 0 Å². The van der Waals surface area contributed by atoms with Crippen molar-refractivity contribution in [1.82, 2.24) is 10.6 Å². The summed E-state index contributed by atoms with van der Waals surface area (Å²) < 4.78 is 15.9. The lowest BCUT2D eigenvalue weighted by molar-refractivity contribution is -0.385. The molecule has 1 aliphatic rings. The van der Waals surface area contributed by atoms with Crippen LogP contribution >= 0.6 is 0 Å². The highest BCUT2D eigenvalue weighted by molar-refractivity contribution is 5.95. The number of rotatable bonds is 7. The summed E-state index contributed by atoms with van der Waals surface area (Å²) in [4.78, 5) is 35.7. The second-order valence-corrected chi connectivity index (χ2v) is 6.28. The van der Waals surface area contributed by atoms with Gasteiger partial charge in [0.05, 0.1) is 48.0 Å². The molecule has 1 atom stereocenters. The number of benzene rings is 1. The minimum atomic E-state index is -1.09. The minimum Gasteiger partial charge on any atom is -0.493 e. The molecule has 0 bridgehead atoms. The van der Waals surface area contributed by atoms with Gasteiger partial charge in [0.15, 0.2) is 11.5 Å². The third-order valence-electron chi connectivity index (χ3n) is 3.95. The summed E-state index contributed by atoms with van der Waals surface area (Å²) in [6, 6.07) is 0.916. The number of hydrogen-bond acceptors (Lipinski definition) is 7. The van der Waals surface area contributed by atoms with Crippen LogP contribution in [0.1, 0.15) is 39.3 Å². The van der Waals surface area contributed by atoms with E-state index in [0.29, 0.717) is 6.61 Å². The zero-order valence-corrected chi connectivity index (χ0v) is 16.3. The van der Waals surface area contributed by atoms with Gasteiger partial charge in [0.1, 0.15) is 0 Å². The van der Waals surface area contributed by atoms with Gasteiger partial charge in [-0.3, -0.25) is 10.1 Å². The Morgan fingerprint density at radius 2 is 2.00 bits per heavy atom. The normalized spacial score (nSPS) is 16.4. The lowest BCUT2D eigenvalue weighted by Crippen LogP contribution is -2.45. The molecule has 1 aromatic carbocycles. The molecular weight excluding hydrogens is 370 g/mol. The molecule has 10 nitrogen and oxygen atoms in total. The average molecular weight is 393 g/mol. The molecular formula is C18H23N3O7. The molecule has 2 N–H and O–H groups in total. The number of allylic oxidation sites excluding steroid dienone is 1. The molecule has 1 heterocycles. The first-order valence-electron chi connectivity index (χ1n) is 8.67. The fourth-order valence-electron chi connectivity index (χ4n) is 2.86. The first-order chi connectivity index (χ1) is 13.2. The fourth-order valence-corrected chi connectivity index (χ4v) is 2.86. The fraction of sp³-hybridized carbons (Fsp3) is 0.444. The number of nitrogens with one attached hydrogen (secondary N) is 2. The number of amides is 2. The molecule has 2 rings (SSSR count). The molecule has 152 valence electrons. The number of carbonyl (C=O) groups excluding carboxylic acids is 2. The van der Waals surface area contributed by atoms with Crippen molar-refractivity contribution in [2.24, 2.45) is 0 Å². The molecule has 2 amide bonds. The molecule has 0 saturated carbocycles. The largest absolute Gasteiger partial charge is 0.493 e. The van der Waals surface area contributed by atoms with Crippen LogP contribution in [0.15, 0.2) is 23.4 Å². The number of nitro groups is 1. The van der Waals surface area contributed by atoms with Gasteiger partial charge < -0.3 is 24.8 Å². The second-order valence-electron chi connectivity index (χ2n) is 6.28. The van der Waals surface area contributed by atoms with E-state index < -0.39 is 29.1 Å². The van der Waals surface area contributed by atoms with E-state index in [0.717, 1.165) is 0 Å². The quantitative estimate of drug-likeness (QED) is 0.414. The van der Waals surface area contributed by atoms with E-state index in [2.05, 4.69) is 10.6 Å². The molecule has 28 heavy (non-hydrogen) atoms. The zero-order chi connectivity index (χ0) is 21.0. The highest BCUT2D eigenvalue weighted by atomic mass is 16.6. The van der Waals surface area contributed by atoms with Crippen LogP contribution < -0.4 is 20.1 Å². The topological polar surface area (TPSA) is 129 Å². The van der Waals surface area contributed by atoms with Crippen molar-refractivity contribution < 1.29 is 28.7 Å². The molecule has 1 aliphatic heterocycles. The monoisotopic (exact) mass is 393 g/mol. The van der Waals surface area contributed by atoms with Crippen molar-refractivity contribution in [3.8, 4) is 11.5 Å². The molecule has 0 saturated heterocycles. The van der Waals surface area contributed by atoms with Gasteiger partial charge in [-0.1, -0.05) is 0 Å². The smallest absolute Gasteiger partial charge is 0.338 e. The third kappa shape index (κ3) is 4.33. The molecule has 0 spiro atoms. The van der Waals surface area contributed by atoms with Gasteiger partial charge >= 0.3 is 12.0 Å². The maximum atomic E-state index is 12.6. The van der Waals surface area contributed by atoms with Crippen molar-refractivity contribution in [3.63, 3.8) is 0 Å². The number of carbonyl (C=O) groups is 2. The van der Waals surface area contributed by atoms with Crippen LogP contribution in [-0.4, -0.2) is 36.7 Å². The first-order valence-corrected chi connectivity index (χ1v) is 8.67. The summed E-state index contributed by atoms with van der Waals surface area (Å²) in [5.74, 6) is -0.259. The number of ether oxygens (including phenoxy) is 3. The van der Waals surface area contributed by atoms with Crippen molar-refractivity contribution in [2.75, 3.05) is 13.7 Å². The summed E-state index contributed by atoms with van der Waals surface area (Å²) in [5, 5.41) is 16.7. The number of nitrogens with zero attached hydrogens (tertiary/aromatic N) is 1. The van der Waals surface area contributed by atoms with Crippen LogP contribution in [0.4, 0.5) is 10.5 Å². The summed E-state index contributed by atoms with van der Waals surface area (Å²) in [7, 11) is 1.36. The lowest BCUT2D eigenvalue weighted by atomic mass is 9.93. The van der Waals surface area contributed by atoms with Gasteiger partial charge in [-0.05, 0) is 33.8 Å². The van der Waals surface area contributed by atoms with E-state index in [9.17, 15) is 19.7 Å². The van der Waals surface area contributed by atoms with Crippen LogP contribution in [-0.2, 0) is 9.53 Å². The molecule has 1 unspecified atom stereocenters. The SMILES string of the molecule is CCOc1cc(C2NC(=O)NC(C)=C2C(=O)OC(C)C)c([N+](=O)[O-])cc1OC. The lowest BCUT2D eigenvalue weighted by Gasteiger charge is -2.28. The van der Waals surface area contributed by atoms with Gasteiger partial charge in [-0.25, -0.2) is 9.59 Å². The average Bonchev–Trinajstić information content (AvgIpc) is 2.59. The van der Waals surface area contributed by atoms with Crippen LogP contribution in [0.2, 0.25) is 0 Å².